The Morgan fingerprint density at radius 2 is 2.33 bits per heavy atom. The minimum atomic E-state index is 0.616. The van der Waals surface area contributed by atoms with E-state index in [1.807, 2.05) is 11.4 Å². The number of aromatic nitrogens is 2. The number of rotatable bonds is 4. The minimum Gasteiger partial charge on any atom is -0.354 e. The van der Waals surface area contributed by atoms with E-state index in [4.69, 9.17) is 11.6 Å². The zero-order valence-corrected chi connectivity index (χ0v) is 10.1. The Labute approximate surface area is 97.7 Å². The van der Waals surface area contributed by atoms with Crippen LogP contribution in [0.4, 0.5) is 5.82 Å². The molecule has 0 spiro atoms. The first-order valence-electron chi connectivity index (χ1n) is 4.86. The van der Waals surface area contributed by atoms with Crippen LogP contribution in [0.3, 0.4) is 0 Å². The average molecular weight is 242 g/mol. The van der Waals surface area contributed by atoms with Gasteiger partial charge in [-0.1, -0.05) is 0 Å². The fourth-order valence-corrected chi connectivity index (χ4v) is 2.58. The van der Waals surface area contributed by atoms with Crippen LogP contribution in [-0.4, -0.2) is 28.9 Å². The van der Waals surface area contributed by atoms with E-state index >= 15 is 0 Å². The topological polar surface area (TPSA) is 29.0 Å². The van der Waals surface area contributed by atoms with Crippen molar-refractivity contribution in [3.05, 3.63) is 17.8 Å². The number of hydrogen-bond donors (Lipinski definition) is 0. The predicted octanol–water partition coefficient (Wildman–Crippen LogP) is 2.76. The highest BCUT2D eigenvalue weighted by Gasteiger charge is 2.10. The van der Waals surface area contributed by atoms with Gasteiger partial charge in [-0.2, -0.15) is 0 Å². The molecule has 0 aliphatic heterocycles. The zero-order valence-electron chi connectivity index (χ0n) is 8.48. The number of halogens is 1. The second-order valence-corrected chi connectivity index (χ2v) is 4.39. The van der Waals surface area contributed by atoms with E-state index in [9.17, 15) is 0 Å². The van der Waals surface area contributed by atoms with Gasteiger partial charge < -0.3 is 4.90 Å². The lowest BCUT2D eigenvalue weighted by Crippen LogP contribution is -2.25. The van der Waals surface area contributed by atoms with Crippen LogP contribution < -0.4 is 4.90 Å². The second kappa shape index (κ2) is 4.77. The van der Waals surface area contributed by atoms with Crippen LogP contribution in [0, 0.1) is 0 Å². The monoisotopic (exact) mass is 241 g/mol. The predicted molar refractivity (Wildman–Crippen MR) is 66.0 cm³/mol. The molecule has 0 aromatic carbocycles. The summed E-state index contributed by atoms with van der Waals surface area (Å²) in [4.78, 5) is 10.7. The maximum atomic E-state index is 5.77. The number of fused-ring (bicyclic) bond motifs is 1. The molecule has 0 N–H and O–H groups in total. The number of anilines is 1. The molecule has 2 aromatic rings. The molecule has 2 rings (SSSR count). The molecular weight excluding hydrogens is 230 g/mol. The minimum absolute atomic E-state index is 0.616. The summed E-state index contributed by atoms with van der Waals surface area (Å²) in [5, 5.41) is 2.04. The molecule has 80 valence electrons. The molecule has 0 radical (unpaired) electrons. The third kappa shape index (κ3) is 2.06. The molecule has 0 fully saturated rings. The third-order valence-corrected chi connectivity index (χ3v) is 3.33. The van der Waals surface area contributed by atoms with Crippen molar-refractivity contribution in [2.45, 2.75) is 6.92 Å². The normalized spacial score (nSPS) is 10.8. The van der Waals surface area contributed by atoms with Crippen LogP contribution in [0.5, 0.6) is 0 Å². The highest BCUT2D eigenvalue weighted by Crippen LogP contribution is 2.27. The molecule has 15 heavy (non-hydrogen) atoms. The van der Waals surface area contributed by atoms with Crippen LogP contribution in [0.2, 0.25) is 0 Å². The van der Waals surface area contributed by atoms with E-state index in [2.05, 4.69) is 21.8 Å². The van der Waals surface area contributed by atoms with Crippen molar-refractivity contribution < 1.29 is 0 Å². The maximum absolute atomic E-state index is 5.77. The van der Waals surface area contributed by atoms with Gasteiger partial charge in [-0.15, -0.1) is 22.9 Å². The van der Waals surface area contributed by atoms with Crippen LogP contribution in [0.25, 0.3) is 10.2 Å². The Morgan fingerprint density at radius 1 is 1.47 bits per heavy atom. The van der Waals surface area contributed by atoms with E-state index in [0.717, 1.165) is 29.1 Å². The molecule has 2 aromatic heterocycles. The van der Waals surface area contributed by atoms with Crippen molar-refractivity contribution in [3.63, 3.8) is 0 Å². The van der Waals surface area contributed by atoms with Crippen molar-refractivity contribution in [2.24, 2.45) is 0 Å². The highest BCUT2D eigenvalue weighted by atomic mass is 35.5. The largest absolute Gasteiger partial charge is 0.354 e. The quantitative estimate of drug-likeness (QED) is 0.771. The van der Waals surface area contributed by atoms with Crippen molar-refractivity contribution >= 4 is 39.0 Å². The summed E-state index contributed by atoms with van der Waals surface area (Å²) in [6, 6.07) is 2.01. The fourth-order valence-electron chi connectivity index (χ4n) is 1.52. The summed E-state index contributed by atoms with van der Waals surface area (Å²) in [7, 11) is 0. The van der Waals surface area contributed by atoms with Crippen molar-refractivity contribution in [1.82, 2.24) is 9.97 Å². The SMILES string of the molecule is CCN(CCCl)c1ncnc2ccsc12. The molecule has 2 heterocycles. The summed E-state index contributed by atoms with van der Waals surface area (Å²) < 4.78 is 1.14. The van der Waals surface area contributed by atoms with Gasteiger partial charge in [0, 0.05) is 19.0 Å². The van der Waals surface area contributed by atoms with Gasteiger partial charge in [0.1, 0.15) is 12.1 Å². The smallest absolute Gasteiger partial charge is 0.150 e. The van der Waals surface area contributed by atoms with Gasteiger partial charge in [-0.05, 0) is 18.4 Å². The van der Waals surface area contributed by atoms with Crippen LogP contribution in [0.15, 0.2) is 17.8 Å². The highest BCUT2D eigenvalue weighted by molar-refractivity contribution is 7.17. The van der Waals surface area contributed by atoms with Gasteiger partial charge in [0.25, 0.3) is 0 Å². The molecule has 0 atom stereocenters. The molecule has 0 unspecified atom stereocenters. The van der Waals surface area contributed by atoms with Crippen molar-refractivity contribution in [3.8, 4) is 0 Å². The maximum Gasteiger partial charge on any atom is 0.150 e. The summed E-state index contributed by atoms with van der Waals surface area (Å²) in [6.45, 7) is 3.84. The van der Waals surface area contributed by atoms with E-state index in [1.165, 1.54) is 0 Å². The van der Waals surface area contributed by atoms with Gasteiger partial charge in [0.05, 0.1) is 10.2 Å². The molecule has 3 nitrogen and oxygen atoms in total. The summed E-state index contributed by atoms with van der Waals surface area (Å²) in [5.74, 6) is 1.61. The third-order valence-electron chi connectivity index (χ3n) is 2.26. The van der Waals surface area contributed by atoms with E-state index in [-0.39, 0.29) is 0 Å². The molecule has 0 amide bonds. The molecule has 0 saturated carbocycles. The Morgan fingerprint density at radius 3 is 3.07 bits per heavy atom. The summed E-state index contributed by atoms with van der Waals surface area (Å²) in [6.07, 6.45) is 1.61. The van der Waals surface area contributed by atoms with Crippen LogP contribution in [0.1, 0.15) is 6.92 Å². The molecular formula is C10H12ClN3S. The molecule has 5 heteroatoms. The number of thiophene rings is 1. The standard InChI is InChI=1S/C10H12ClN3S/c1-2-14(5-4-11)10-9-8(3-6-15-9)12-7-13-10/h3,6-7H,2,4-5H2,1H3. The summed E-state index contributed by atoms with van der Waals surface area (Å²) >= 11 is 7.44. The van der Waals surface area contributed by atoms with E-state index < -0.39 is 0 Å². The molecule has 0 aliphatic carbocycles. The Balaban J connectivity index is 2.44. The fraction of sp³-hybridized carbons (Fsp3) is 0.400. The first-order chi connectivity index (χ1) is 7.36. The lowest BCUT2D eigenvalue weighted by Gasteiger charge is -2.20. The lowest BCUT2D eigenvalue weighted by molar-refractivity contribution is 0.853. The molecule has 0 aliphatic rings. The molecule has 0 saturated heterocycles. The Kier molecular flexibility index (Phi) is 3.38. The lowest BCUT2D eigenvalue weighted by atomic mass is 10.4. The number of hydrogen-bond acceptors (Lipinski definition) is 4. The van der Waals surface area contributed by atoms with E-state index in [0.29, 0.717) is 5.88 Å². The Hall–Kier alpha value is -0.870. The number of nitrogens with zero attached hydrogens (tertiary/aromatic N) is 3. The first kappa shape index (κ1) is 10.6. The molecule has 0 bridgehead atoms. The Bertz CT molecular complexity index is 443. The summed E-state index contributed by atoms with van der Waals surface area (Å²) in [5.41, 5.74) is 1.01. The average Bonchev–Trinajstić information content (AvgIpc) is 2.73. The van der Waals surface area contributed by atoms with Gasteiger partial charge in [-0.3, -0.25) is 0 Å². The zero-order chi connectivity index (χ0) is 10.7. The van der Waals surface area contributed by atoms with Gasteiger partial charge in [0.15, 0.2) is 0 Å². The van der Waals surface area contributed by atoms with Crippen LogP contribution >= 0.6 is 22.9 Å². The first-order valence-corrected chi connectivity index (χ1v) is 6.27. The van der Waals surface area contributed by atoms with Crippen molar-refractivity contribution in [1.29, 1.82) is 0 Å². The second-order valence-electron chi connectivity index (χ2n) is 3.10. The van der Waals surface area contributed by atoms with Gasteiger partial charge in [-0.25, -0.2) is 9.97 Å². The number of alkyl halides is 1. The van der Waals surface area contributed by atoms with E-state index in [1.54, 1.807) is 17.7 Å². The van der Waals surface area contributed by atoms with Gasteiger partial charge in [0.2, 0.25) is 0 Å². The van der Waals surface area contributed by atoms with Crippen LogP contribution in [-0.2, 0) is 0 Å². The van der Waals surface area contributed by atoms with Gasteiger partial charge >= 0.3 is 0 Å². The van der Waals surface area contributed by atoms with Crippen molar-refractivity contribution in [2.75, 3.05) is 23.9 Å².